The largest absolute Gasteiger partial charge is 0.478 e. The Labute approximate surface area is 122 Å². The molecule has 0 amide bonds. The lowest BCUT2D eigenvalue weighted by Crippen LogP contribution is -2.25. The third-order valence-electron chi connectivity index (χ3n) is 2.23. The number of nitrogen functional groups attached to an aromatic ring is 1. The van der Waals surface area contributed by atoms with Crippen LogP contribution in [0.2, 0.25) is 5.02 Å². The first-order valence-corrected chi connectivity index (χ1v) is 6.22. The number of ether oxygens (including phenoxy) is 1. The predicted octanol–water partition coefficient (Wildman–Crippen LogP) is 2.98. The second-order valence-electron chi connectivity index (χ2n) is 5.10. The summed E-state index contributed by atoms with van der Waals surface area (Å²) >= 11 is 5.89. The maximum atomic E-state index is 12.2. The molecule has 108 valence electrons. The van der Waals surface area contributed by atoms with Gasteiger partial charge in [0.05, 0.1) is 16.3 Å². The summed E-state index contributed by atoms with van der Waals surface area (Å²) in [7, 11) is 0. The Morgan fingerprint density at radius 1 is 1.35 bits per heavy atom. The van der Waals surface area contributed by atoms with Crippen LogP contribution in [0, 0.1) is 0 Å². The maximum absolute atomic E-state index is 12.2. The molecule has 0 unspecified atom stereocenters. The Morgan fingerprint density at radius 2 is 1.95 bits per heavy atom. The Bertz CT molecular complexity index is 573. The van der Waals surface area contributed by atoms with Gasteiger partial charge in [-0.05, 0) is 38.5 Å². The minimum atomic E-state index is -1.13. The van der Waals surface area contributed by atoms with Crippen LogP contribution in [0.1, 0.15) is 36.7 Å². The van der Waals surface area contributed by atoms with Crippen LogP contribution in [0.5, 0.6) is 0 Å². The zero-order valence-corrected chi connectivity index (χ0v) is 12.2. The van der Waals surface area contributed by atoms with E-state index in [2.05, 4.69) is 0 Å². The molecule has 0 aliphatic heterocycles. The van der Waals surface area contributed by atoms with Gasteiger partial charge in [-0.15, -0.1) is 0 Å². The molecule has 6 heteroatoms. The van der Waals surface area contributed by atoms with Crippen molar-refractivity contribution in [3.8, 4) is 0 Å². The summed E-state index contributed by atoms with van der Waals surface area (Å²) in [5.74, 6) is -1.78. The van der Waals surface area contributed by atoms with Gasteiger partial charge in [0.1, 0.15) is 5.60 Å². The van der Waals surface area contributed by atoms with E-state index in [0.29, 0.717) is 5.56 Å². The summed E-state index contributed by atoms with van der Waals surface area (Å²) in [5, 5.41) is 8.86. The Hall–Kier alpha value is -2.01. The fourth-order valence-electron chi connectivity index (χ4n) is 1.47. The molecule has 20 heavy (non-hydrogen) atoms. The van der Waals surface area contributed by atoms with Gasteiger partial charge in [-0.1, -0.05) is 17.7 Å². The number of carboxylic acids is 1. The first-order chi connectivity index (χ1) is 9.11. The molecule has 0 aliphatic carbocycles. The fourth-order valence-corrected chi connectivity index (χ4v) is 1.63. The summed E-state index contributed by atoms with van der Waals surface area (Å²) in [6.45, 7) is 5.16. The lowest BCUT2D eigenvalue weighted by atomic mass is 10.0. The fraction of sp³-hybridized carbons (Fsp3) is 0.286. The Kier molecular flexibility index (Phi) is 4.78. The van der Waals surface area contributed by atoms with Crippen LogP contribution in [0.3, 0.4) is 0 Å². The highest BCUT2D eigenvalue weighted by Gasteiger charge is 2.23. The van der Waals surface area contributed by atoms with Crippen molar-refractivity contribution in [3.05, 3.63) is 34.4 Å². The van der Waals surface area contributed by atoms with Gasteiger partial charge in [0, 0.05) is 6.08 Å². The number of anilines is 1. The van der Waals surface area contributed by atoms with Crippen molar-refractivity contribution in [2.75, 3.05) is 5.73 Å². The number of hydrogen-bond donors (Lipinski definition) is 2. The molecular formula is C14H16ClNO4. The standard InChI is InChI=1S/C14H16ClNO4/c1-14(2,3)20-13(19)11-8(5-7-10(17)18)4-6-9(15)12(11)16/h4-7H,16H2,1-3H3,(H,17,18). The van der Waals surface area contributed by atoms with E-state index in [0.717, 1.165) is 6.08 Å². The van der Waals surface area contributed by atoms with Crippen molar-refractivity contribution in [1.82, 2.24) is 0 Å². The van der Waals surface area contributed by atoms with Crippen molar-refractivity contribution >= 4 is 35.3 Å². The van der Waals surface area contributed by atoms with Crippen LogP contribution in [-0.4, -0.2) is 22.6 Å². The minimum Gasteiger partial charge on any atom is -0.478 e. The maximum Gasteiger partial charge on any atom is 0.341 e. The number of carbonyl (C=O) groups is 2. The number of rotatable bonds is 3. The number of halogens is 1. The van der Waals surface area contributed by atoms with Crippen LogP contribution >= 0.6 is 11.6 Å². The number of nitrogens with two attached hydrogens (primary N) is 1. The van der Waals surface area contributed by atoms with Gasteiger partial charge in [0.15, 0.2) is 0 Å². The molecular weight excluding hydrogens is 282 g/mol. The van der Waals surface area contributed by atoms with Crippen LogP contribution < -0.4 is 5.73 Å². The first kappa shape index (κ1) is 16.0. The average molecular weight is 298 g/mol. The van der Waals surface area contributed by atoms with Crippen molar-refractivity contribution in [2.45, 2.75) is 26.4 Å². The molecule has 1 aromatic rings. The van der Waals surface area contributed by atoms with Gasteiger partial charge in [0.2, 0.25) is 0 Å². The molecule has 0 spiro atoms. The normalized spacial score (nSPS) is 11.6. The van der Waals surface area contributed by atoms with E-state index in [1.54, 1.807) is 20.8 Å². The number of carboxylic acid groups (broad SMARTS) is 1. The van der Waals surface area contributed by atoms with E-state index < -0.39 is 17.5 Å². The highest BCUT2D eigenvalue weighted by molar-refractivity contribution is 6.34. The van der Waals surface area contributed by atoms with Crippen molar-refractivity contribution in [3.63, 3.8) is 0 Å². The van der Waals surface area contributed by atoms with Crippen LogP contribution in [0.4, 0.5) is 5.69 Å². The van der Waals surface area contributed by atoms with E-state index in [-0.39, 0.29) is 16.3 Å². The van der Waals surface area contributed by atoms with E-state index in [1.165, 1.54) is 18.2 Å². The van der Waals surface area contributed by atoms with E-state index >= 15 is 0 Å². The first-order valence-electron chi connectivity index (χ1n) is 5.84. The van der Waals surface area contributed by atoms with Crippen molar-refractivity contribution in [1.29, 1.82) is 0 Å². The van der Waals surface area contributed by atoms with E-state index in [1.807, 2.05) is 0 Å². The minimum absolute atomic E-state index is 0.0601. The molecule has 0 saturated carbocycles. The van der Waals surface area contributed by atoms with Gasteiger partial charge < -0.3 is 15.6 Å². The third-order valence-corrected chi connectivity index (χ3v) is 2.56. The topological polar surface area (TPSA) is 89.6 Å². The van der Waals surface area contributed by atoms with E-state index in [9.17, 15) is 9.59 Å². The van der Waals surface area contributed by atoms with Crippen molar-refractivity contribution in [2.24, 2.45) is 0 Å². The summed E-state index contributed by atoms with van der Waals surface area (Å²) in [6.07, 6.45) is 2.19. The number of benzene rings is 1. The Balaban J connectivity index is 3.30. The second-order valence-corrected chi connectivity index (χ2v) is 5.51. The smallest absolute Gasteiger partial charge is 0.341 e. The van der Waals surface area contributed by atoms with Crippen LogP contribution in [0.25, 0.3) is 6.08 Å². The summed E-state index contributed by atoms with van der Waals surface area (Å²) < 4.78 is 5.25. The quantitative estimate of drug-likeness (QED) is 0.508. The van der Waals surface area contributed by atoms with Gasteiger partial charge in [-0.2, -0.15) is 0 Å². The number of aliphatic carboxylic acids is 1. The zero-order valence-electron chi connectivity index (χ0n) is 11.4. The predicted molar refractivity (Wildman–Crippen MR) is 77.7 cm³/mol. The molecule has 0 fully saturated rings. The van der Waals surface area contributed by atoms with Gasteiger partial charge >= 0.3 is 11.9 Å². The lowest BCUT2D eigenvalue weighted by molar-refractivity contribution is -0.131. The number of carbonyl (C=O) groups excluding carboxylic acids is 1. The molecule has 0 radical (unpaired) electrons. The number of esters is 1. The monoisotopic (exact) mass is 297 g/mol. The molecule has 0 heterocycles. The van der Waals surface area contributed by atoms with Crippen molar-refractivity contribution < 1.29 is 19.4 Å². The SMILES string of the molecule is CC(C)(C)OC(=O)c1c(C=CC(=O)O)ccc(Cl)c1N. The van der Waals surface area contributed by atoms with Crippen LogP contribution in [-0.2, 0) is 9.53 Å². The van der Waals surface area contributed by atoms with Gasteiger partial charge in [-0.25, -0.2) is 9.59 Å². The lowest BCUT2D eigenvalue weighted by Gasteiger charge is -2.21. The zero-order chi connectivity index (χ0) is 15.5. The Morgan fingerprint density at radius 3 is 2.45 bits per heavy atom. The van der Waals surface area contributed by atoms with Gasteiger partial charge in [0.25, 0.3) is 0 Å². The molecule has 0 aromatic heterocycles. The highest BCUT2D eigenvalue weighted by Crippen LogP contribution is 2.28. The average Bonchev–Trinajstić information content (AvgIpc) is 2.27. The van der Waals surface area contributed by atoms with E-state index in [4.69, 9.17) is 27.2 Å². The summed E-state index contributed by atoms with van der Waals surface area (Å²) in [6, 6.07) is 3.00. The molecule has 0 saturated heterocycles. The molecule has 0 bridgehead atoms. The molecule has 1 rings (SSSR count). The molecule has 0 aliphatic rings. The summed E-state index contributed by atoms with van der Waals surface area (Å²) in [4.78, 5) is 22.7. The third kappa shape index (κ3) is 4.28. The van der Waals surface area contributed by atoms with Crippen LogP contribution in [0.15, 0.2) is 18.2 Å². The molecule has 5 nitrogen and oxygen atoms in total. The van der Waals surface area contributed by atoms with Gasteiger partial charge in [-0.3, -0.25) is 0 Å². The summed E-state index contributed by atoms with van der Waals surface area (Å²) in [5.41, 5.74) is 5.56. The molecule has 0 atom stereocenters. The molecule has 1 aromatic carbocycles. The second kappa shape index (κ2) is 5.96. The highest BCUT2D eigenvalue weighted by atomic mass is 35.5. The molecule has 3 N–H and O–H groups in total. The number of hydrogen-bond acceptors (Lipinski definition) is 4.